The van der Waals surface area contributed by atoms with E-state index in [2.05, 4.69) is 34.6 Å². The fourth-order valence-corrected chi connectivity index (χ4v) is 12.6. The summed E-state index contributed by atoms with van der Waals surface area (Å²) in [6, 6.07) is 0. The number of ether oxygens (including phenoxy) is 4. The molecule has 0 radical (unpaired) electrons. The van der Waals surface area contributed by atoms with Gasteiger partial charge in [0.1, 0.15) is 19.3 Å². The van der Waals surface area contributed by atoms with Crippen LogP contribution in [0.3, 0.4) is 0 Å². The highest BCUT2D eigenvalue weighted by atomic mass is 31.2. The molecule has 0 saturated carbocycles. The summed E-state index contributed by atoms with van der Waals surface area (Å²) in [4.78, 5) is 72.5. The Labute approximate surface area is 556 Å². The van der Waals surface area contributed by atoms with E-state index < -0.39 is 97.5 Å². The summed E-state index contributed by atoms with van der Waals surface area (Å²) in [5.41, 5.74) is 0. The van der Waals surface area contributed by atoms with Crippen LogP contribution in [0.4, 0.5) is 0 Å². The van der Waals surface area contributed by atoms with Crippen molar-refractivity contribution in [3.05, 3.63) is 0 Å². The molecule has 0 aromatic carbocycles. The summed E-state index contributed by atoms with van der Waals surface area (Å²) >= 11 is 0. The molecule has 0 amide bonds. The van der Waals surface area contributed by atoms with E-state index in [0.717, 1.165) is 109 Å². The second kappa shape index (κ2) is 65.4. The van der Waals surface area contributed by atoms with Crippen molar-refractivity contribution in [2.24, 2.45) is 5.92 Å². The first-order valence-corrected chi connectivity index (χ1v) is 40.6. The minimum atomic E-state index is -4.95. The van der Waals surface area contributed by atoms with Crippen LogP contribution in [0.1, 0.15) is 375 Å². The molecular weight excluding hydrogens is 1200 g/mol. The van der Waals surface area contributed by atoms with Gasteiger partial charge in [-0.15, -0.1) is 0 Å². The molecule has 91 heavy (non-hydrogen) atoms. The van der Waals surface area contributed by atoms with Crippen LogP contribution < -0.4 is 0 Å². The van der Waals surface area contributed by atoms with Gasteiger partial charge in [-0.05, 0) is 31.6 Å². The Balaban J connectivity index is 5.16. The number of hydrogen-bond donors (Lipinski definition) is 3. The molecule has 0 aliphatic carbocycles. The number of unbranched alkanes of at least 4 members (excludes halogenated alkanes) is 44. The van der Waals surface area contributed by atoms with Gasteiger partial charge in [-0.25, -0.2) is 9.13 Å². The van der Waals surface area contributed by atoms with Gasteiger partial charge in [0, 0.05) is 25.7 Å². The first-order valence-electron chi connectivity index (χ1n) is 37.6. The molecule has 0 aromatic rings. The summed E-state index contributed by atoms with van der Waals surface area (Å²) in [5, 5.41) is 10.6. The number of phosphoric ester groups is 2. The van der Waals surface area contributed by atoms with Crippen molar-refractivity contribution in [1.82, 2.24) is 0 Å². The Hall–Kier alpha value is -1.94. The maximum absolute atomic E-state index is 13.0. The van der Waals surface area contributed by atoms with E-state index in [0.29, 0.717) is 25.7 Å². The third-order valence-electron chi connectivity index (χ3n) is 16.8. The lowest BCUT2D eigenvalue weighted by Gasteiger charge is -2.21. The minimum absolute atomic E-state index is 0.104. The normalized spacial score (nSPS) is 14.0. The Morgan fingerprint density at radius 2 is 0.505 bits per heavy atom. The molecule has 0 heterocycles. The molecule has 19 heteroatoms. The van der Waals surface area contributed by atoms with Gasteiger partial charge < -0.3 is 33.8 Å². The zero-order chi connectivity index (χ0) is 67.0. The molecule has 0 aliphatic rings. The van der Waals surface area contributed by atoms with Crippen molar-refractivity contribution < 1.29 is 80.2 Å². The van der Waals surface area contributed by atoms with Gasteiger partial charge in [0.15, 0.2) is 12.2 Å². The molecule has 3 N–H and O–H groups in total. The van der Waals surface area contributed by atoms with Crippen LogP contribution in [0, 0.1) is 5.92 Å². The topological polar surface area (TPSA) is 237 Å². The number of esters is 4. The van der Waals surface area contributed by atoms with Gasteiger partial charge >= 0.3 is 39.5 Å². The first-order chi connectivity index (χ1) is 44.0. The van der Waals surface area contributed by atoms with Crippen LogP contribution in [-0.2, 0) is 65.4 Å². The molecule has 0 fully saturated rings. The zero-order valence-corrected chi connectivity index (χ0v) is 60.8. The maximum Gasteiger partial charge on any atom is 0.472 e. The third-order valence-corrected chi connectivity index (χ3v) is 18.7. The SMILES string of the molecule is CCCCCCCCCCCCCCCCCCCCCCC(=O)O[C@H](COC(=O)CCCCCCCCCCCCCCC)COP(=O)(O)OC[C@@H](O)COP(=O)(O)OC[C@@H](COC(=O)CCCCCCCCC)OC(=O)CCCCCCCCCCC(C)C. The number of carbonyl (C=O) groups is 4. The summed E-state index contributed by atoms with van der Waals surface area (Å²) in [6.07, 6.45) is 53.0. The molecule has 0 saturated heterocycles. The lowest BCUT2D eigenvalue weighted by molar-refractivity contribution is -0.161. The third kappa shape index (κ3) is 66.5. The lowest BCUT2D eigenvalue weighted by Crippen LogP contribution is -2.30. The van der Waals surface area contributed by atoms with Gasteiger partial charge in [0.25, 0.3) is 0 Å². The highest BCUT2D eigenvalue weighted by Crippen LogP contribution is 2.45. The lowest BCUT2D eigenvalue weighted by atomic mass is 10.0. The predicted molar refractivity (Wildman–Crippen MR) is 368 cm³/mol. The van der Waals surface area contributed by atoms with E-state index in [4.69, 9.17) is 37.0 Å². The molecule has 0 spiro atoms. The summed E-state index contributed by atoms with van der Waals surface area (Å²) < 4.78 is 68.2. The highest BCUT2D eigenvalue weighted by molar-refractivity contribution is 7.47. The van der Waals surface area contributed by atoms with Crippen molar-refractivity contribution in [3.8, 4) is 0 Å². The molecule has 0 bridgehead atoms. The fraction of sp³-hybridized carbons (Fsp3) is 0.944. The van der Waals surface area contributed by atoms with Crippen LogP contribution in [0.15, 0.2) is 0 Å². The predicted octanol–water partition coefficient (Wildman–Crippen LogP) is 20.9. The van der Waals surface area contributed by atoms with E-state index in [1.54, 1.807) is 0 Å². The molecule has 2 unspecified atom stereocenters. The maximum atomic E-state index is 13.0. The monoisotopic (exact) mass is 1340 g/mol. The molecule has 17 nitrogen and oxygen atoms in total. The van der Waals surface area contributed by atoms with Gasteiger partial charge in [-0.1, -0.05) is 324 Å². The number of aliphatic hydroxyl groups excluding tert-OH is 1. The fourth-order valence-electron chi connectivity index (χ4n) is 11.0. The number of carbonyl (C=O) groups excluding carboxylic acids is 4. The van der Waals surface area contributed by atoms with Gasteiger partial charge in [0.2, 0.25) is 0 Å². The van der Waals surface area contributed by atoms with E-state index in [9.17, 15) is 43.2 Å². The Morgan fingerprint density at radius 3 is 0.747 bits per heavy atom. The van der Waals surface area contributed by atoms with Crippen LogP contribution in [-0.4, -0.2) is 96.7 Å². The smallest absolute Gasteiger partial charge is 0.462 e. The first kappa shape index (κ1) is 89.1. The quantitative estimate of drug-likeness (QED) is 0.0222. The van der Waals surface area contributed by atoms with Crippen LogP contribution in [0.2, 0.25) is 0 Å². The Kier molecular flexibility index (Phi) is 64.0. The second-order valence-corrected chi connectivity index (χ2v) is 29.4. The van der Waals surface area contributed by atoms with E-state index in [-0.39, 0.29) is 25.7 Å². The number of hydrogen-bond acceptors (Lipinski definition) is 15. The van der Waals surface area contributed by atoms with Crippen molar-refractivity contribution in [2.45, 2.75) is 393 Å². The van der Waals surface area contributed by atoms with Gasteiger partial charge in [-0.2, -0.15) is 0 Å². The van der Waals surface area contributed by atoms with Crippen LogP contribution in [0.5, 0.6) is 0 Å². The van der Waals surface area contributed by atoms with Gasteiger partial charge in [0.05, 0.1) is 26.4 Å². The van der Waals surface area contributed by atoms with Gasteiger partial charge in [-0.3, -0.25) is 37.3 Å². The second-order valence-electron chi connectivity index (χ2n) is 26.5. The molecule has 540 valence electrons. The van der Waals surface area contributed by atoms with Crippen molar-refractivity contribution in [3.63, 3.8) is 0 Å². The summed E-state index contributed by atoms with van der Waals surface area (Å²) in [5.74, 6) is -1.41. The minimum Gasteiger partial charge on any atom is -0.462 e. The average Bonchev–Trinajstić information content (AvgIpc) is 2.98. The molecular formula is C72H140O17P2. The van der Waals surface area contributed by atoms with Crippen LogP contribution in [0.25, 0.3) is 0 Å². The number of aliphatic hydroxyl groups is 1. The van der Waals surface area contributed by atoms with E-state index in [1.807, 2.05) is 0 Å². The standard InChI is InChI=1S/C72H140O17P2/c1-6-9-12-15-18-20-22-24-25-26-27-28-29-30-32-34-36-42-47-52-57-71(76)88-68(62-83-70(75)56-51-46-41-35-33-31-23-21-19-16-13-10-7-2)64-87-91(80,81)85-60-66(73)59-84-90(78,79)86-63-67(61-82-69(74)55-50-45-39-17-14-11-8-3)89-72(77)58-53-48-43-38-37-40-44-49-54-65(4)5/h65-68,73H,6-64H2,1-5H3,(H,78,79)(H,80,81)/t66-,67+,68+/m0/s1. The average molecular weight is 1340 g/mol. The van der Waals surface area contributed by atoms with Crippen molar-refractivity contribution in [2.75, 3.05) is 39.6 Å². The van der Waals surface area contributed by atoms with E-state index >= 15 is 0 Å². The highest BCUT2D eigenvalue weighted by Gasteiger charge is 2.30. The van der Waals surface area contributed by atoms with Crippen molar-refractivity contribution >= 4 is 39.5 Å². The van der Waals surface area contributed by atoms with E-state index in [1.165, 1.54) is 186 Å². The number of phosphoric acid groups is 2. The Bertz CT molecular complexity index is 1750. The summed E-state index contributed by atoms with van der Waals surface area (Å²) in [6.45, 7) is 7.18. The molecule has 0 rings (SSSR count). The largest absolute Gasteiger partial charge is 0.472 e. The molecule has 0 aromatic heterocycles. The molecule has 0 aliphatic heterocycles. The summed E-state index contributed by atoms with van der Waals surface area (Å²) in [7, 11) is -9.90. The Morgan fingerprint density at radius 1 is 0.297 bits per heavy atom. The zero-order valence-electron chi connectivity index (χ0n) is 59.0. The number of rotatable bonds is 72. The van der Waals surface area contributed by atoms with Crippen molar-refractivity contribution in [1.29, 1.82) is 0 Å². The molecule has 5 atom stereocenters. The van der Waals surface area contributed by atoms with Crippen LogP contribution >= 0.6 is 15.6 Å².